The fourth-order valence-electron chi connectivity index (χ4n) is 1.82. The molecular formula is C13H18O3. The first-order chi connectivity index (χ1) is 7.83. The molecular weight excluding hydrogens is 204 g/mol. The maximum absolute atomic E-state index is 5.83. The van der Waals surface area contributed by atoms with Gasteiger partial charge in [0.05, 0.1) is 19.8 Å². The zero-order valence-electron chi connectivity index (χ0n) is 9.81. The van der Waals surface area contributed by atoms with Crippen molar-refractivity contribution in [2.45, 2.75) is 32.2 Å². The minimum Gasteiger partial charge on any atom is -0.497 e. The lowest BCUT2D eigenvalue weighted by atomic mass is 10.1. The SMILES string of the molecule is CC[C@H]1CCO[C@H](c2ccc(OC)cc2)O1. The van der Waals surface area contributed by atoms with E-state index in [0.717, 1.165) is 30.8 Å². The molecule has 0 amide bonds. The van der Waals surface area contributed by atoms with Crippen LogP contribution in [0.4, 0.5) is 0 Å². The summed E-state index contributed by atoms with van der Waals surface area (Å²) >= 11 is 0. The molecule has 88 valence electrons. The van der Waals surface area contributed by atoms with E-state index in [1.807, 2.05) is 24.3 Å². The van der Waals surface area contributed by atoms with Crippen LogP contribution in [0.5, 0.6) is 5.75 Å². The van der Waals surface area contributed by atoms with Crippen LogP contribution in [0.1, 0.15) is 31.6 Å². The summed E-state index contributed by atoms with van der Waals surface area (Å²) in [6.07, 6.45) is 2.13. The van der Waals surface area contributed by atoms with E-state index in [4.69, 9.17) is 14.2 Å². The van der Waals surface area contributed by atoms with Gasteiger partial charge < -0.3 is 14.2 Å². The van der Waals surface area contributed by atoms with Crippen molar-refractivity contribution in [2.24, 2.45) is 0 Å². The summed E-state index contributed by atoms with van der Waals surface area (Å²) in [5, 5.41) is 0. The first kappa shape index (κ1) is 11.4. The van der Waals surface area contributed by atoms with Gasteiger partial charge in [-0.15, -0.1) is 0 Å². The van der Waals surface area contributed by atoms with E-state index in [0.29, 0.717) is 6.10 Å². The van der Waals surface area contributed by atoms with Gasteiger partial charge >= 0.3 is 0 Å². The molecule has 0 spiro atoms. The molecule has 1 aromatic rings. The summed E-state index contributed by atoms with van der Waals surface area (Å²) in [5.41, 5.74) is 1.05. The molecule has 1 aromatic carbocycles. The maximum atomic E-state index is 5.83. The Morgan fingerprint density at radius 1 is 1.31 bits per heavy atom. The number of hydrogen-bond acceptors (Lipinski definition) is 3. The average Bonchev–Trinajstić information content (AvgIpc) is 2.39. The normalized spacial score (nSPS) is 25.4. The molecule has 0 bridgehead atoms. The Hall–Kier alpha value is -1.06. The van der Waals surface area contributed by atoms with E-state index in [-0.39, 0.29) is 6.29 Å². The van der Waals surface area contributed by atoms with Crippen LogP contribution in [0.25, 0.3) is 0 Å². The third kappa shape index (κ3) is 2.54. The summed E-state index contributed by atoms with van der Waals surface area (Å²) in [7, 11) is 1.66. The third-order valence-electron chi connectivity index (χ3n) is 2.87. The van der Waals surface area contributed by atoms with E-state index in [1.54, 1.807) is 7.11 Å². The monoisotopic (exact) mass is 222 g/mol. The molecule has 0 radical (unpaired) electrons. The van der Waals surface area contributed by atoms with E-state index >= 15 is 0 Å². The van der Waals surface area contributed by atoms with Gasteiger partial charge in [-0.25, -0.2) is 0 Å². The second-order valence-corrected chi connectivity index (χ2v) is 3.93. The molecule has 0 aliphatic carbocycles. The maximum Gasteiger partial charge on any atom is 0.184 e. The highest BCUT2D eigenvalue weighted by Crippen LogP contribution is 2.28. The summed E-state index contributed by atoms with van der Waals surface area (Å²) in [6, 6.07) is 7.83. The third-order valence-corrected chi connectivity index (χ3v) is 2.87. The van der Waals surface area contributed by atoms with Crippen molar-refractivity contribution < 1.29 is 14.2 Å². The number of methoxy groups -OCH3 is 1. The van der Waals surface area contributed by atoms with Crippen LogP contribution in [0.15, 0.2) is 24.3 Å². The largest absolute Gasteiger partial charge is 0.497 e. The second kappa shape index (κ2) is 5.32. The lowest BCUT2D eigenvalue weighted by Crippen LogP contribution is -2.26. The Balaban J connectivity index is 2.05. The zero-order chi connectivity index (χ0) is 11.4. The molecule has 2 atom stereocenters. The summed E-state index contributed by atoms with van der Waals surface area (Å²) in [5.74, 6) is 0.853. The molecule has 1 heterocycles. The Bertz CT molecular complexity index is 320. The van der Waals surface area contributed by atoms with Gasteiger partial charge in [-0.1, -0.05) is 19.1 Å². The number of ether oxygens (including phenoxy) is 3. The molecule has 3 heteroatoms. The fraction of sp³-hybridized carbons (Fsp3) is 0.538. The molecule has 2 rings (SSSR count). The fourth-order valence-corrected chi connectivity index (χ4v) is 1.82. The number of benzene rings is 1. The zero-order valence-corrected chi connectivity index (χ0v) is 9.81. The Morgan fingerprint density at radius 2 is 2.06 bits per heavy atom. The van der Waals surface area contributed by atoms with Crippen LogP contribution < -0.4 is 4.74 Å². The first-order valence-electron chi connectivity index (χ1n) is 5.74. The van der Waals surface area contributed by atoms with Crippen molar-refractivity contribution in [2.75, 3.05) is 13.7 Å². The predicted octanol–water partition coefficient (Wildman–Crippen LogP) is 2.91. The highest BCUT2D eigenvalue weighted by molar-refractivity contribution is 5.27. The number of rotatable bonds is 3. The van der Waals surface area contributed by atoms with Gasteiger partial charge in [-0.3, -0.25) is 0 Å². The van der Waals surface area contributed by atoms with Crippen molar-refractivity contribution in [3.8, 4) is 5.75 Å². The van der Waals surface area contributed by atoms with Gasteiger partial charge in [0, 0.05) is 5.56 Å². The Morgan fingerprint density at radius 3 is 2.69 bits per heavy atom. The first-order valence-corrected chi connectivity index (χ1v) is 5.74. The molecule has 0 N–H and O–H groups in total. The van der Waals surface area contributed by atoms with Gasteiger partial charge in [0.25, 0.3) is 0 Å². The standard InChI is InChI=1S/C13H18O3/c1-3-11-8-9-15-13(16-11)10-4-6-12(14-2)7-5-10/h4-7,11,13H,3,8-9H2,1-2H3/t11-,13-/m0/s1. The Kier molecular flexibility index (Phi) is 3.80. The van der Waals surface area contributed by atoms with Crippen molar-refractivity contribution in [1.82, 2.24) is 0 Å². The van der Waals surface area contributed by atoms with Crippen LogP contribution >= 0.6 is 0 Å². The van der Waals surface area contributed by atoms with Crippen LogP contribution in [-0.4, -0.2) is 19.8 Å². The van der Waals surface area contributed by atoms with E-state index < -0.39 is 0 Å². The highest BCUT2D eigenvalue weighted by atomic mass is 16.7. The van der Waals surface area contributed by atoms with Gasteiger partial charge in [-0.2, -0.15) is 0 Å². The predicted molar refractivity (Wildman–Crippen MR) is 61.5 cm³/mol. The van der Waals surface area contributed by atoms with E-state index in [1.165, 1.54) is 0 Å². The lowest BCUT2D eigenvalue weighted by molar-refractivity contribution is -0.217. The molecule has 1 fully saturated rings. The van der Waals surface area contributed by atoms with Crippen molar-refractivity contribution >= 4 is 0 Å². The van der Waals surface area contributed by atoms with Gasteiger partial charge in [-0.05, 0) is 25.0 Å². The quantitative estimate of drug-likeness (QED) is 0.787. The molecule has 1 aliphatic heterocycles. The highest BCUT2D eigenvalue weighted by Gasteiger charge is 2.22. The van der Waals surface area contributed by atoms with Crippen molar-refractivity contribution in [3.63, 3.8) is 0 Å². The molecule has 1 saturated heterocycles. The molecule has 0 aromatic heterocycles. The van der Waals surface area contributed by atoms with Crippen LogP contribution in [-0.2, 0) is 9.47 Å². The summed E-state index contributed by atoms with van der Waals surface area (Å²) < 4.78 is 16.6. The molecule has 16 heavy (non-hydrogen) atoms. The van der Waals surface area contributed by atoms with Gasteiger partial charge in [0.2, 0.25) is 0 Å². The van der Waals surface area contributed by atoms with Crippen LogP contribution in [0.2, 0.25) is 0 Å². The smallest absolute Gasteiger partial charge is 0.184 e. The molecule has 0 unspecified atom stereocenters. The average molecular weight is 222 g/mol. The number of hydrogen-bond donors (Lipinski definition) is 0. The summed E-state index contributed by atoms with van der Waals surface area (Å²) in [6.45, 7) is 2.91. The minimum absolute atomic E-state index is 0.218. The van der Waals surface area contributed by atoms with Crippen molar-refractivity contribution in [3.05, 3.63) is 29.8 Å². The van der Waals surface area contributed by atoms with Crippen LogP contribution in [0.3, 0.4) is 0 Å². The Labute approximate surface area is 96.3 Å². The van der Waals surface area contributed by atoms with E-state index in [2.05, 4.69) is 6.92 Å². The minimum atomic E-state index is -0.218. The van der Waals surface area contributed by atoms with E-state index in [9.17, 15) is 0 Å². The molecule has 1 aliphatic rings. The van der Waals surface area contributed by atoms with Gasteiger partial charge in [0.1, 0.15) is 5.75 Å². The molecule has 0 saturated carbocycles. The summed E-state index contributed by atoms with van der Waals surface area (Å²) in [4.78, 5) is 0. The van der Waals surface area contributed by atoms with Crippen LogP contribution in [0, 0.1) is 0 Å². The van der Waals surface area contributed by atoms with Gasteiger partial charge in [0.15, 0.2) is 6.29 Å². The van der Waals surface area contributed by atoms with Crippen molar-refractivity contribution in [1.29, 1.82) is 0 Å². The molecule has 3 nitrogen and oxygen atoms in total. The lowest BCUT2D eigenvalue weighted by Gasteiger charge is -2.29. The second-order valence-electron chi connectivity index (χ2n) is 3.93. The topological polar surface area (TPSA) is 27.7 Å².